The molecule has 0 saturated carbocycles. The fraction of sp³-hybridized carbons (Fsp3) is 0.0556. The Kier molecular flexibility index (Phi) is 3.32. The van der Waals surface area contributed by atoms with Crippen LogP contribution in [0.1, 0.15) is 11.1 Å². The summed E-state index contributed by atoms with van der Waals surface area (Å²) in [5.41, 5.74) is 7.20. The summed E-state index contributed by atoms with van der Waals surface area (Å²) in [4.78, 5) is 0. The molecule has 3 aromatic carbocycles. The predicted molar refractivity (Wildman–Crippen MR) is 86.2 cm³/mol. The van der Waals surface area contributed by atoms with E-state index in [1.54, 1.807) is 0 Å². The highest BCUT2D eigenvalue weighted by Crippen LogP contribution is 2.30. The topological polar surface area (TPSA) is 59.1 Å². The molecule has 0 aliphatic rings. The molecule has 3 heteroatoms. The van der Waals surface area contributed by atoms with Crippen LogP contribution >= 0.6 is 0 Å². The minimum Gasteiger partial charge on any atom is -0.457 e. The van der Waals surface area contributed by atoms with Gasteiger partial charge in [-0.3, -0.25) is 5.41 Å². The van der Waals surface area contributed by atoms with E-state index in [-0.39, 0.29) is 5.84 Å². The fourth-order valence-corrected chi connectivity index (χ4v) is 2.41. The van der Waals surface area contributed by atoms with Crippen molar-refractivity contribution < 1.29 is 4.74 Å². The van der Waals surface area contributed by atoms with Gasteiger partial charge in [0.1, 0.15) is 17.3 Å². The molecule has 0 aliphatic carbocycles. The number of nitrogens with two attached hydrogens (primary N) is 1. The summed E-state index contributed by atoms with van der Waals surface area (Å²) in [6.07, 6.45) is 0. The molecule has 0 bridgehead atoms. The number of aryl methyl sites for hydroxylation is 1. The molecule has 0 aliphatic heterocycles. The fourth-order valence-electron chi connectivity index (χ4n) is 2.41. The molecule has 3 nitrogen and oxygen atoms in total. The van der Waals surface area contributed by atoms with Gasteiger partial charge in [0.2, 0.25) is 0 Å². The highest BCUT2D eigenvalue weighted by Gasteiger charge is 2.06. The number of rotatable bonds is 3. The Hall–Kier alpha value is -2.81. The minimum absolute atomic E-state index is 0.0733. The molecule has 3 N–H and O–H groups in total. The summed E-state index contributed by atoms with van der Waals surface area (Å²) in [6.45, 7) is 1.92. The average Bonchev–Trinajstić information content (AvgIpc) is 2.47. The van der Waals surface area contributed by atoms with Crippen LogP contribution in [-0.4, -0.2) is 5.84 Å². The predicted octanol–water partition coefficient (Wildman–Crippen LogP) is 4.22. The summed E-state index contributed by atoms with van der Waals surface area (Å²) in [5.74, 6) is 1.64. The van der Waals surface area contributed by atoms with Crippen molar-refractivity contribution in [1.29, 1.82) is 5.41 Å². The first-order chi connectivity index (χ1) is 10.1. The highest BCUT2D eigenvalue weighted by atomic mass is 16.5. The summed E-state index contributed by atoms with van der Waals surface area (Å²) in [7, 11) is 0. The van der Waals surface area contributed by atoms with E-state index in [1.165, 1.54) is 0 Å². The van der Waals surface area contributed by atoms with E-state index < -0.39 is 0 Å². The van der Waals surface area contributed by atoms with E-state index in [1.807, 2.05) is 55.5 Å². The van der Waals surface area contributed by atoms with Crippen molar-refractivity contribution >= 4 is 16.6 Å². The largest absolute Gasteiger partial charge is 0.457 e. The first-order valence-corrected chi connectivity index (χ1v) is 6.76. The molecule has 0 unspecified atom stereocenters. The van der Waals surface area contributed by atoms with Gasteiger partial charge in [-0.05, 0) is 42.1 Å². The average molecular weight is 276 g/mol. The molecule has 3 rings (SSSR count). The van der Waals surface area contributed by atoms with Crippen LogP contribution in [0.15, 0.2) is 60.7 Å². The van der Waals surface area contributed by atoms with Crippen LogP contribution in [0.5, 0.6) is 11.5 Å². The van der Waals surface area contributed by atoms with Crippen LogP contribution in [0.2, 0.25) is 0 Å². The van der Waals surface area contributed by atoms with Gasteiger partial charge in [0, 0.05) is 10.9 Å². The summed E-state index contributed by atoms with van der Waals surface area (Å²) in [6, 6.07) is 19.7. The maximum Gasteiger partial charge on any atom is 0.135 e. The first kappa shape index (κ1) is 13.2. The zero-order valence-corrected chi connectivity index (χ0v) is 11.8. The van der Waals surface area contributed by atoms with Gasteiger partial charge < -0.3 is 10.5 Å². The van der Waals surface area contributed by atoms with Crippen LogP contribution in [0.4, 0.5) is 0 Å². The number of nitrogens with one attached hydrogen (secondary N) is 1. The third kappa shape index (κ3) is 2.58. The molecule has 0 saturated heterocycles. The zero-order chi connectivity index (χ0) is 14.8. The van der Waals surface area contributed by atoms with Gasteiger partial charge in [-0.1, -0.05) is 36.4 Å². The van der Waals surface area contributed by atoms with Crippen LogP contribution in [-0.2, 0) is 0 Å². The van der Waals surface area contributed by atoms with Gasteiger partial charge in [0.25, 0.3) is 0 Å². The molecule has 0 aromatic heterocycles. The van der Waals surface area contributed by atoms with Crippen molar-refractivity contribution in [3.8, 4) is 11.5 Å². The third-order valence-corrected chi connectivity index (χ3v) is 3.47. The van der Waals surface area contributed by atoms with Gasteiger partial charge in [-0.25, -0.2) is 0 Å². The highest BCUT2D eigenvalue weighted by molar-refractivity contribution is 5.96. The molecule has 0 amide bonds. The normalized spacial score (nSPS) is 10.5. The molecule has 104 valence electrons. The van der Waals surface area contributed by atoms with Crippen LogP contribution < -0.4 is 10.5 Å². The van der Waals surface area contributed by atoms with Gasteiger partial charge in [0.15, 0.2) is 0 Å². The van der Waals surface area contributed by atoms with E-state index in [2.05, 4.69) is 12.1 Å². The molecule has 0 spiro atoms. The molecular formula is C18H16N2O. The summed E-state index contributed by atoms with van der Waals surface area (Å²) >= 11 is 0. The Labute approximate surface area is 123 Å². The second-order valence-electron chi connectivity index (χ2n) is 4.97. The number of fused-ring (bicyclic) bond motifs is 1. The zero-order valence-electron chi connectivity index (χ0n) is 11.8. The summed E-state index contributed by atoms with van der Waals surface area (Å²) < 4.78 is 6.00. The second-order valence-corrected chi connectivity index (χ2v) is 4.97. The Morgan fingerprint density at radius 3 is 2.52 bits per heavy atom. The van der Waals surface area contributed by atoms with Gasteiger partial charge in [-0.2, -0.15) is 0 Å². The number of benzene rings is 3. The number of hydrogen-bond donors (Lipinski definition) is 2. The van der Waals surface area contributed by atoms with Crippen LogP contribution in [0, 0.1) is 12.3 Å². The molecule has 0 atom stereocenters. The van der Waals surface area contributed by atoms with E-state index in [0.717, 1.165) is 33.4 Å². The van der Waals surface area contributed by atoms with Crippen molar-refractivity contribution in [2.24, 2.45) is 5.73 Å². The summed E-state index contributed by atoms with van der Waals surface area (Å²) in [5, 5.41) is 9.74. The van der Waals surface area contributed by atoms with Crippen molar-refractivity contribution in [1.82, 2.24) is 0 Å². The van der Waals surface area contributed by atoms with Gasteiger partial charge >= 0.3 is 0 Å². The lowest BCUT2D eigenvalue weighted by Crippen LogP contribution is -2.12. The lowest BCUT2D eigenvalue weighted by atomic mass is 10.1. The molecule has 0 heterocycles. The monoisotopic (exact) mass is 276 g/mol. The lowest BCUT2D eigenvalue weighted by Gasteiger charge is -2.11. The smallest absolute Gasteiger partial charge is 0.135 e. The molecule has 0 fully saturated rings. The standard InChI is InChI=1S/C18H16N2O/c1-12-11-14(9-10-15(12)18(19)20)21-17-8-4-6-13-5-2-3-7-16(13)17/h2-11H,1H3,(H3,19,20). The second kappa shape index (κ2) is 5.29. The van der Waals surface area contributed by atoms with Gasteiger partial charge in [-0.15, -0.1) is 0 Å². The van der Waals surface area contributed by atoms with Crippen LogP contribution in [0.3, 0.4) is 0 Å². The van der Waals surface area contributed by atoms with Crippen LogP contribution in [0.25, 0.3) is 10.8 Å². The number of nitrogen functional groups attached to an aromatic ring is 1. The van der Waals surface area contributed by atoms with E-state index >= 15 is 0 Å². The lowest BCUT2D eigenvalue weighted by molar-refractivity contribution is 0.488. The number of hydrogen-bond acceptors (Lipinski definition) is 2. The first-order valence-electron chi connectivity index (χ1n) is 6.76. The van der Waals surface area contributed by atoms with E-state index in [4.69, 9.17) is 15.9 Å². The van der Waals surface area contributed by atoms with Gasteiger partial charge in [0.05, 0.1) is 0 Å². The van der Waals surface area contributed by atoms with Crippen molar-refractivity contribution in [3.63, 3.8) is 0 Å². The van der Waals surface area contributed by atoms with E-state index in [0.29, 0.717) is 0 Å². The minimum atomic E-state index is 0.0733. The quantitative estimate of drug-likeness (QED) is 0.555. The molecule has 3 aromatic rings. The maximum absolute atomic E-state index is 7.51. The van der Waals surface area contributed by atoms with E-state index in [9.17, 15) is 0 Å². The van der Waals surface area contributed by atoms with Crippen molar-refractivity contribution in [2.45, 2.75) is 6.92 Å². The number of ether oxygens (including phenoxy) is 1. The number of amidine groups is 1. The molecular weight excluding hydrogens is 260 g/mol. The maximum atomic E-state index is 7.51. The van der Waals surface area contributed by atoms with Crippen molar-refractivity contribution in [3.05, 3.63) is 71.8 Å². The SMILES string of the molecule is Cc1cc(Oc2cccc3ccccc23)ccc1C(=N)N. The Morgan fingerprint density at radius 2 is 1.76 bits per heavy atom. The Balaban J connectivity index is 1.99. The Morgan fingerprint density at radius 1 is 1.00 bits per heavy atom. The van der Waals surface area contributed by atoms with Crippen molar-refractivity contribution in [2.75, 3.05) is 0 Å². The Bertz CT molecular complexity index is 819. The molecule has 21 heavy (non-hydrogen) atoms. The third-order valence-electron chi connectivity index (χ3n) is 3.47. The molecule has 0 radical (unpaired) electrons.